The van der Waals surface area contributed by atoms with E-state index in [0.29, 0.717) is 11.6 Å². The van der Waals surface area contributed by atoms with Gasteiger partial charge in [-0.3, -0.25) is 4.79 Å². The predicted molar refractivity (Wildman–Crippen MR) is 77.9 cm³/mol. The number of aromatic nitrogens is 1. The first-order valence-electron chi connectivity index (χ1n) is 7.02. The number of anilines is 1. The minimum Gasteiger partial charge on any atom is -0.352 e. The fourth-order valence-electron chi connectivity index (χ4n) is 2.83. The molecule has 0 amide bonds. The van der Waals surface area contributed by atoms with E-state index in [2.05, 4.69) is 28.8 Å². The third-order valence-electron chi connectivity index (χ3n) is 3.85. The van der Waals surface area contributed by atoms with Gasteiger partial charge in [0.1, 0.15) is 5.82 Å². The SMILES string of the molecule is CCC1CN(C)CCCN1c1ncc(C=O)cc1C. The summed E-state index contributed by atoms with van der Waals surface area (Å²) in [7, 11) is 2.18. The van der Waals surface area contributed by atoms with E-state index in [1.807, 2.05) is 13.0 Å². The molecule has 1 atom stereocenters. The Bertz CT molecular complexity index is 447. The average molecular weight is 261 g/mol. The fraction of sp³-hybridized carbons (Fsp3) is 0.600. The van der Waals surface area contributed by atoms with Crippen molar-refractivity contribution < 1.29 is 4.79 Å². The van der Waals surface area contributed by atoms with Crippen molar-refractivity contribution >= 4 is 12.1 Å². The van der Waals surface area contributed by atoms with Crippen LogP contribution in [0.5, 0.6) is 0 Å². The zero-order valence-electron chi connectivity index (χ0n) is 12.1. The highest BCUT2D eigenvalue weighted by molar-refractivity contribution is 5.75. The van der Waals surface area contributed by atoms with Crippen molar-refractivity contribution in [2.24, 2.45) is 0 Å². The normalized spacial score (nSPS) is 21.2. The fourth-order valence-corrected chi connectivity index (χ4v) is 2.83. The van der Waals surface area contributed by atoms with E-state index < -0.39 is 0 Å². The van der Waals surface area contributed by atoms with E-state index in [1.165, 1.54) is 0 Å². The summed E-state index contributed by atoms with van der Waals surface area (Å²) in [6, 6.07) is 2.43. The van der Waals surface area contributed by atoms with Gasteiger partial charge in [0.2, 0.25) is 0 Å². The van der Waals surface area contributed by atoms with E-state index in [-0.39, 0.29) is 0 Å². The molecule has 0 bridgehead atoms. The highest BCUT2D eigenvalue weighted by Crippen LogP contribution is 2.23. The van der Waals surface area contributed by atoms with E-state index >= 15 is 0 Å². The van der Waals surface area contributed by atoms with Crippen molar-refractivity contribution in [3.8, 4) is 0 Å². The second-order valence-electron chi connectivity index (χ2n) is 5.40. The maximum atomic E-state index is 10.8. The number of aryl methyl sites for hydroxylation is 1. The van der Waals surface area contributed by atoms with Crippen molar-refractivity contribution in [1.29, 1.82) is 0 Å². The molecule has 1 aliphatic rings. The summed E-state index contributed by atoms with van der Waals surface area (Å²) in [6.07, 6.45) is 4.80. The number of likely N-dealkylation sites (N-methyl/N-ethyl adjacent to an activating group) is 1. The van der Waals surface area contributed by atoms with Gasteiger partial charge in [0, 0.05) is 30.9 Å². The zero-order valence-corrected chi connectivity index (χ0v) is 12.1. The van der Waals surface area contributed by atoms with Crippen LogP contribution in [0.1, 0.15) is 35.7 Å². The number of carbonyl (C=O) groups excluding carboxylic acids is 1. The predicted octanol–water partition coefficient (Wildman–Crippen LogP) is 2.12. The molecular formula is C15H23N3O. The molecular weight excluding hydrogens is 238 g/mol. The van der Waals surface area contributed by atoms with Crippen LogP contribution in [0.25, 0.3) is 0 Å². The van der Waals surface area contributed by atoms with Crippen LogP contribution in [-0.4, -0.2) is 48.9 Å². The summed E-state index contributed by atoms with van der Waals surface area (Å²) in [5.41, 5.74) is 1.74. The lowest BCUT2D eigenvalue weighted by Gasteiger charge is -2.32. The smallest absolute Gasteiger partial charge is 0.151 e. The van der Waals surface area contributed by atoms with Crippen molar-refractivity contribution in [3.63, 3.8) is 0 Å². The van der Waals surface area contributed by atoms with Gasteiger partial charge < -0.3 is 9.80 Å². The highest BCUT2D eigenvalue weighted by atomic mass is 16.1. The number of hydrogen-bond acceptors (Lipinski definition) is 4. The average Bonchev–Trinajstić information content (AvgIpc) is 2.60. The number of hydrogen-bond donors (Lipinski definition) is 0. The Morgan fingerprint density at radius 3 is 2.89 bits per heavy atom. The molecule has 2 rings (SSSR count). The van der Waals surface area contributed by atoms with Crippen LogP contribution in [0.3, 0.4) is 0 Å². The molecule has 4 heteroatoms. The largest absolute Gasteiger partial charge is 0.352 e. The van der Waals surface area contributed by atoms with E-state index in [1.54, 1.807) is 6.20 Å². The first kappa shape index (κ1) is 14.0. The summed E-state index contributed by atoms with van der Waals surface area (Å²) in [5.74, 6) is 1.03. The second-order valence-corrected chi connectivity index (χ2v) is 5.40. The molecule has 0 saturated carbocycles. The third-order valence-corrected chi connectivity index (χ3v) is 3.85. The monoisotopic (exact) mass is 261 g/mol. The maximum Gasteiger partial charge on any atom is 0.151 e. The number of pyridine rings is 1. The van der Waals surface area contributed by atoms with Gasteiger partial charge in [-0.15, -0.1) is 0 Å². The molecule has 2 heterocycles. The lowest BCUT2D eigenvalue weighted by molar-refractivity contribution is 0.112. The quantitative estimate of drug-likeness (QED) is 0.781. The van der Waals surface area contributed by atoms with Gasteiger partial charge in [0.15, 0.2) is 6.29 Å². The Hall–Kier alpha value is -1.42. The number of rotatable bonds is 3. The molecule has 1 saturated heterocycles. The Labute approximate surface area is 115 Å². The van der Waals surface area contributed by atoms with Crippen LogP contribution >= 0.6 is 0 Å². The minimum atomic E-state index is 0.501. The molecule has 0 aromatic carbocycles. The topological polar surface area (TPSA) is 36.4 Å². The van der Waals surface area contributed by atoms with Crippen LogP contribution < -0.4 is 4.90 Å². The van der Waals surface area contributed by atoms with E-state index in [0.717, 1.165) is 50.1 Å². The molecule has 1 unspecified atom stereocenters. The second kappa shape index (κ2) is 6.15. The van der Waals surface area contributed by atoms with Gasteiger partial charge in [-0.1, -0.05) is 6.92 Å². The Balaban J connectivity index is 2.29. The molecule has 4 nitrogen and oxygen atoms in total. The summed E-state index contributed by atoms with van der Waals surface area (Å²) >= 11 is 0. The van der Waals surface area contributed by atoms with Crippen LogP contribution in [0, 0.1) is 6.92 Å². The molecule has 1 fully saturated rings. The van der Waals surface area contributed by atoms with Gasteiger partial charge in [-0.05, 0) is 45.0 Å². The molecule has 1 aliphatic heterocycles. The maximum absolute atomic E-state index is 10.8. The van der Waals surface area contributed by atoms with Crippen molar-refractivity contribution in [3.05, 3.63) is 23.4 Å². The molecule has 0 radical (unpaired) electrons. The first-order valence-corrected chi connectivity index (χ1v) is 7.02. The Kier molecular flexibility index (Phi) is 4.53. The molecule has 104 valence electrons. The molecule has 1 aromatic rings. The van der Waals surface area contributed by atoms with Crippen molar-refractivity contribution in [2.45, 2.75) is 32.7 Å². The number of aldehydes is 1. The molecule has 0 N–H and O–H groups in total. The van der Waals surface area contributed by atoms with Crippen LogP contribution in [-0.2, 0) is 0 Å². The number of nitrogens with zero attached hydrogens (tertiary/aromatic N) is 3. The van der Waals surface area contributed by atoms with Crippen LogP contribution in [0.2, 0.25) is 0 Å². The minimum absolute atomic E-state index is 0.501. The summed E-state index contributed by atoms with van der Waals surface area (Å²) in [5, 5.41) is 0. The third kappa shape index (κ3) is 3.13. The van der Waals surface area contributed by atoms with E-state index in [9.17, 15) is 4.79 Å². The van der Waals surface area contributed by atoms with Gasteiger partial charge in [0.25, 0.3) is 0 Å². The Morgan fingerprint density at radius 2 is 2.26 bits per heavy atom. The van der Waals surface area contributed by atoms with Crippen molar-refractivity contribution in [2.75, 3.05) is 31.6 Å². The van der Waals surface area contributed by atoms with Crippen LogP contribution in [0.15, 0.2) is 12.3 Å². The molecule has 0 aliphatic carbocycles. The van der Waals surface area contributed by atoms with Gasteiger partial charge >= 0.3 is 0 Å². The van der Waals surface area contributed by atoms with E-state index in [4.69, 9.17) is 0 Å². The van der Waals surface area contributed by atoms with Gasteiger partial charge in [-0.2, -0.15) is 0 Å². The molecule has 19 heavy (non-hydrogen) atoms. The van der Waals surface area contributed by atoms with Gasteiger partial charge in [0.05, 0.1) is 0 Å². The number of carbonyl (C=O) groups is 1. The van der Waals surface area contributed by atoms with Gasteiger partial charge in [-0.25, -0.2) is 4.98 Å². The summed E-state index contributed by atoms with van der Waals surface area (Å²) < 4.78 is 0. The molecule has 1 aromatic heterocycles. The summed E-state index contributed by atoms with van der Waals surface area (Å²) in [6.45, 7) is 7.52. The first-order chi connectivity index (χ1) is 9.15. The lowest BCUT2D eigenvalue weighted by Crippen LogP contribution is -2.40. The highest BCUT2D eigenvalue weighted by Gasteiger charge is 2.24. The standard InChI is InChI=1S/C15H23N3O/c1-4-14-10-17(3)6-5-7-18(14)15-12(2)8-13(11-19)9-16-15/h8-9,11,14H,4-7,10H2,1-3H3. The lowest BCUT2D eigenvalue weighted by atomic mass is 10.1. The van der Waals surface area contributed by atoms with Crippen molar-refractivity contribution in [1.82, 2.24) is 9.88 Å². The Morgan fingerprint density at radius 1 is 1.47 bits per heavy atom. The summed E-state index contributed by atoms with van der Waals surface area (Å²) in [4.78, 5) is 20.1. The zero-order chi connectivity index (χ0) is 13.8. The van der Waals surface area contributed by atoms with Crippen LogP contribution in [0.4, 0.5) is 5.82 Å². The molecule has 0 spiro atoms.